The molecule has 9 rings (SSSR count). The summed E-state index contributed by atoms with van der Waals surface area (Å²) >= 11 is 6.75. The number of hydrogen-bond donors (Lipinski definition) is 2. The molecule has 0 radical (unpaired) electrons. The van der Waals surface area contributed by atoms with Crippen LogP contribution in [0.5, 0.6) is 0 Å². The average Bonchev–Trinajstić information content (AvgIpc) is 3.52. The Kier molecular flexibility index (Phi) is 10.6. The maximum absolute atomic E-state index is 15.8. The van der Waals surface area contributed by atoms with Gasteiger partial charge in [-0.15, -0.1) is 0 Å². The van der Waals surface area contributed by atoms with Crippen LogP contribution in [0, 0.1) is 17.6 Å². The summed E-state index contributed by atoms with van der Waals surface area (Å²) in [5, 5.41) is 11.6. The number of nitrogens with one attached hydrogen (secondary N) is 2. The van der Waals surface area contributed by atoms with Crippen LogP contribution < -0.4 is 15.6 Å². The normalized spacial score (nSPS) is 18.9. The average molecular weight is 949 g/mol. The number of carbonyl (C=O) groups is 1. The molecule has 2 aliphatic rings. The molecule has 2 N–H and O–H groups in total. The molecule has 11 nitrogen and oxygen atoms in total. The Hall–Kier alpha value is -6.14. The Bertz CT molecular complexity index is 3320. The minimum absolute atomic E-state index is 0.00678. The molecule has 7 aromatic rings. The van der Waals surface area contributed by atoms with E-state index in [9.17, 15) is 26.6 Å². The molecule has 3 aromatic heterocycles. The van der Waals surface area contributed by atoms with E-state index >= 15 is 13.6 Å². The second-order valence-corrected chi connectivity index (χ2v) is 21.1. The van der Waals surface area contributed by atoms with Gasteiger partial charge in [0.25, 0.3) is 17.9 Å². The third kappa shape index (κ3) is 7.70. The molecule has 344 valence electrons. The Labute approximate surface area is 379 Å². The van der Waals surface area contributed by atoms with Crippen LogP contribution in [0.15, 0.2) is 77.6 Å². The highest BCUT2D eigenvalue weighted by atomic mass is 35.5. The van der Waals surface area contributed by atoms with Gasteiger partial charge in [0.2, 0.25) is 5.91 Å². The SMILES string of the molecule is C=S(C)(=O)Nc1nn(C)c2c(-n3c([C@H](Cc4cc(F)cc(F)c4)NC(=O)Cn4nc(C(F)F)c5c4C(F)(F)[C@@H]4CC54C)nc4cc(-c5ccc(C(C)(C)C)cc5)ccc4c3=O)ccc(Cl)c12. The number of fused-ring (bicyclic) bond motifs is 5. The monoisotopic (exact) mass is 948 g/mol. The summed E-state index contributed by atoms with van der Waals surface area (Å²) in [4.78, 5) is 34.5. The van der Waals surface area contributed by atoms with Gasteiger partial charge in [-0.3, -0.25) is 28.2 Å². The zero-order valence-corrected chi connectivity index (χ0v) is 38.0. The third-order valence-electron chi connectivity index (χ3n) is 12.5. The van der Waals surface area contributed by atoms with Gasteiger partial charge >= 0.3 is 0 Å². The van der Waals surface area contributed by atoms with Gasteiger partial charge in [-0.1, -0.05) is 69.6 Å². The van der Waals surface area contributed by atoms with Gasteiger partial charge in [-0.05, 0) is 76.4 Å². The Morgan fingerprint density at radius 2 is 1.67 bits per heavy atom. The van der Waals surface area contributed by atoms with Crippen molar-refractivity contribution < 1.29 is 35.3 Å². The molecule has 4 atom stereocenters. The lowest BCUT2D eigenvalue weighted by atomic mass is 9.86. The summed E-state index contributed by atoms with van der Waals surface area (Å²) in [5.41, 5.74) is -0.861. The number of amides is 1. The van der Waals surface area contributed by atoms with Gasteiger partial charge < -0.3 is 5.32 Å². The maximum atomic E-state index is 15.8. The fourth-order valence-corrected chi connectivity index (χ4v) is 10.2. The first-order valence-corrected chi connectivity index (χ1v) is 23.3. The van der Waals surface area contributed by atoms with E-state index in [0.717, 1.165) is 23.3 Å². The first kappa shape index (κ1) is 45.0. The molecule has 1 amide bonds. The molecular formula is C47H43ClF6N8O3S. The van der Waals surface area contributed by atoms with Crippen molar-refractivity contribution in [3.63, 3.8) is 0 Å². The van der Waals surface area contributed by atoms with Crippen molar-refractivity contribution in [3.05, 3.63) is 134 Å². The number of anilines is 1. The van der Waals surface area contributed by atoms with Crippen molar-refractivity contribution in [1.82, 2.24) is 34.4 Å². The molecule has 0 bridgehead atoms. The van der Waals surface area contributed by atoms with Crippen molar-refractivity contribution in [2.75, 3.05) is 11.0 Å². The second kappa shape index (κ2) is 15.5. The van der Waals surface area contributed by atoms with E-state index < -0.39 is 86.9 Å². The van der Waals surface area contributed by atoms with E-state index in [1.807, 2.05) is 24.3 Å². The summed E-state index contributed by atoms with van der Waals surface area (Å²) in [6.45, 7) is 6.76. The van der Waals surface area contributed by atoms with Crippen molar-refractivity contribution in [1.29, 1.82) is 0 Å². The molecule has 4 aromatic carbocycles. The minimum Gasteiger partial charge on any atom is -0.344 e. The molecule has 0 spiro atoms. The molecule has 0 saturated heterocycles. The predicted octanol–water partition coefficient (Wildman–Crippen LogP) is 9.46. The van der Waals surface area contributed by atoms with Crippen LogP contribution in [0.25, 0.3) is 38.6 Å². The van der Waals surface area contributed by atoms with Crippen molar-refractivity contribution >= 4 is 60.7 Å². The highest BCUT2D eigenvalue weighted by Gasteiger charge is 2.74. The number of benzene rings is 4. The van der Waals surface area contributed by atoms with Crippen molar-refractivity contribution in [2.24, 2.45) is 13.0 Å². The zero-order chi connectivity index (χ0) is 47.6. The number of halogens is 7. The second-order valence-electron chi connectivity index (χ2n) is 18.5. The van der Waals surface area contributed by atoms with Crippen LogP contribution in [0.2, 0.25) is 5.02 Å². The predicted molar refractivity (Wildman–Crippen MR) is 243 cm³/mol. The fourth-order valence-electron chi connectivity index (χ4n) is 9.36. The third-order valence-corrected chi connectivity index (χ3v) is 13.4. The van der Waals surface area contributed by atoms with Gasteiger partial charge in [-0.25, -0.2) is 26.8 Å². The molecule has 19 heteroatoms. The summed E-state index contributed by atoms with van der Waals surface area (Å²) in [6, 6.07) is 17.1. The molecule has 1 fully saturated rings. The number of carbonyl (C=O) groups excluding carboxylic acids is 1. The minimum atomic E-state index is -3.57. The Morgan fingerprint density at radius 1 is 1.00 bits per heavy atom. The van der Waals surface area contributed by atoms with Crippen LogP contribution in [-0.4, -0.2) is 51.4 Å². The lowest BCUT2D eigenvalue weighted by Gasteiger charge is -2.24. The molecule has 1 saturated carbocycles. The van der Waals surface area contributed by atoms with Crippen LogP contribution >= 0.6 is 11.6 Å². The first-order valence-electron chi connectivity index (χ1n) is 20.8. The van der Waals surface area contributed by atoms with E-state index in [0.29, 0.717) is 16.3 Å². The van der Waals surface area contributed by atoms with Crippen molar-refractivity contribution in [2.45, 2.75) is 76.3 Å². The molecule has 3 heterocycles. The van der Waals surface area contributed by atoms with E-state index in [-0.39, 0.29) is 67.1 Å². The summed E-state index contributed by atoms with van der Waals surface area (Å²) < 4.78 is 109. The summed E-state index contributed by atoms with van der Waals surface area (Å²) in [6.07, 6.45) is -2.30. The van der Waals surface area contributed by atoms with Crippen LogP contribution in [-0.2, 0) is 51.3 Å². The molecule has 2 aliphatic carbocycles. The van der Waals surface area contributed by atoms with Gasteiger partial charge in [0.1, 0.15) is 35.4 Å². The van der Waals surface area contributed by atoms with E-state index in [1.165, 1.54) is 34.6 Å². The smallest absolute Gasteiger partial charge is 0.293 e. The van der Waals surface area contributed by atoms with Gasteiger partial charge in [0.15, 0.2) is 5.82 Å². The number of hydrogen-bond acceptors (Lipinski definition) is 6. The topological polar surface area (TPSA) is 129 Å². The van der Waals surface area contributed by atoms with E-state index in [1.54, 1.807) is 25.2 Å². The molecule has 2 unspecified atom stereocenters. The number of aromatic nitrogens is 6. The highest BCUT2D eigenvalue weighted by Crippen LogP contribution is 2.71. The lowest BCUT2D eigenvalue weighted by Crippen LogP contribution is -2.38. The standard InChI is InChI=1S/C47H43ClF6N8O3S/c1-45(2,3)26-11-8-24(9-12-26)25-10-13-29-31(19-25)56-43(62(44(29)64)33-15-14-30(48)36-39(33)60(5)58-42(36)59-66(6,7)65)32(18-23-16-27(49)20-28(50)17-23)55-35(63)22-61-40-37(38(57-61)41(51)52)46(4)21-34(46)47(40,53)54/h8-17,19-20,32,34,41H,6,18,21-22H2,1-5,7H3,(H,55,63)(H,58,59,65)/t32-,34+,46?,66?/m0/s1. The Morgan fingerprint density at radius 3 is 2.30 bits per heavy atom. The molecular weight excluding hydrogens is 906 g/mol. The molecule has 0 aliphatic heterocycles. The maximum Gasteiger partial charge on any atom is 0.293 e. The quantitative estimate of drug-likeness (QED) is 0.0983. The van der Waals surface area contributed by atoms with Gasteiger partial charge in [-0.2, -0.15) is 19.0 Å². The number of aryl methyl sites for hydroxylation is 1. The summed E-state index contributed by atoms with van der Waals surface area (Å²) in [5.74, 6) is -4.17. The molecule has 66 heavy (non-hydrogen) atoms. The highest BCUT2D eigenvalue weighted by molar-refractivity contribution is 8.00. The van der Waals surface area contributed by atoms with E-state index in [4.69, 9.17) is 16.6 Å². The number of nitrogens with zero attached hydrogens (tertiary/aromatic N) is 6. The van der Waals surface area contributed by atoms with Crippen LogP contribution in [0.1, 0.15) is 80.5 Å². The van der Waals surface area contributed by atoms with Crippen LogP contribution in [0.3, 0.4) is 0 Å². The largest absolute Gasteiger partial charge is 0.344 e. The van der Waals surface area contributed by atoms with Gasteiger partial charge in [0, 0.05) is 52.4 Å². The van der Waals surface area contributed by atoms with Gasteiger partial charge in [0.05, 0.1) is 38.6 Å². The van der Waals surface area contributed by atoms with Crippen molar-refractivity contribution in [3.8, 4) is 16.8 Å². The zero-order valence-electron chi connectivity index (χ0n) is 36.5. The number of rotatable bonds is 11. The first-order chi connectivity index (χ1) is 30.9. The van der Waals surface area contributed by atoms with Crippen LogP contribution in [0.4, 0.5) is 32.2 Å². The number of alkyl halides is 4. The fraction of sp³-hybridized carbons (Fsp3) is 0.319. The van der Waals surface area contributed by atoms with E-state index in [2.05, 4.69) is 46.9 Å². The summed E-state index contributed by atoms with van der Waals surface area (Å²) in [7, 11) is -1.36. The Balaban J connectivity index is 1.25. The lowest BCUT2D eigenvalue weighted by molar-refractivity contribution is -0.123.